The molecule has 0 spiro atoms. The summed E-state index contributed by atoms with van der Waals surface area (Å²) < 4.78 is 0. The van der Waals surface area contributed by atoms with E-state index in [1.165, 1.54) is 0 Å². The highest BCUT2D eigenvalue weighted by molar-refractivity contribution is 5.91. The molecule has 0 aliphatic rings. The van der Waals surface area contributed by atoms with Gasteiger partial charge in [0.15, 0.2) is 0 Å². The highest BCUT2D eigenvalue weighted by Gasteiger charge is 2.37. The molecule has 0 bridgehead atoms. The second-order valence-electron chi connectivity index (χ2n) is 14.2. The lowest BCUT2D eigenvalue weighted by molar-refractivity contribution is -0.141. The maximum absolute atomic E-state index is 13.7. The number of nitrogens with zero attached hydrogens (tertiary/aromatic N) is 6. The number of ketones is 1. The summed E-state index contributed by atoms with van der Waals surface area (Å²) >= 11 is 0. The highest BCUT2D eigenvalue weighted by Crippen LogP contribution is 2.32. The number of hydrogen-bond donors (Lipinski definition) is 1. The molecule has 11 heteroatoms. The molecular weight excluding hydrogens is 570 g/mol. The second-order valence-corrected chi connectivity index (χ2v) is 14.2. The van der Waals surface area contributed by atoms with E-state index >= 15 is 0 Å². The topological polar surface area (TPSA) is 99.7 Å². The van der Waals surface area contributed by atoms with Crippen molar-refractivity contribution >= 4 is 23.5 Å². The van der Waals surface area contributed by atoms with Gasteiger partial charge in [-0.15, -0.1) is 0 Å². The Morgan fingerprint density at radius 1 is 0.644 bits per heavy atom. The lowest BCUT2D eigenvalue weighted by Crippen LogP contribution is -2.42. The maximum Gasteiger partial charge on any atom is 0.225 e. The van der Waals surface area contributed by atoms with E-state index in [1.54, 1.807) is 23.9 Å². The van der Waals surface area contributed by atoms with Crippen LogP contribution in [0.1, 0.15) is 66.2 Å². The Kier molecular flexibility index (Phi) is 21.4. The van der Waals surface area contributed by atoms with E-state index in [2.05, 4.69) is 31.8 Å². The molecule has 0 aliphatic heterocycles. The van der Waals surface area contributed by atoms with Gasteiger partial charge in [-0.05, 0) is 61.5 Å². The van der Waals surface area contributed by atoms with Crippen molar-refractivity contribution < 1.29 is 19.2 Å². The first-order valence-electron chi connectivity index (χ1n) is 16.9. The molecular formula is C34H69N7O4. The van der Waals surface area contributed by atoms with E-state index in [9.17, 15) is 19.2 Å². The van der Waals surface area contributed by atoms with E-state index in [0.29, 0.717) is 26.1 Å². The number of carbonyl (C=O) groups excluding carboxylic acids is 4. The average molecular weight is 640 g/mol. The molecule has 0 saturated heterocycles. The van der Waals surface area contributed by atoms with Crippen LogP contribution in [0.4, 0.5) is 0 Å². The molecule has 11 nitrogen and oxygen atoms in total. The largest absolute Gasteiger partial charge is 0.356 e. The number of unbranched alkanes of at least 4 members (excludes halogenated alkanes) is 1. The molecule has 0 aromatic heterocycles. The summed E-state index contributed by atoms with van der Waals surface area (Å²) in [6.07, 6.45) is 2.80. The Labute approximate surface area is 276 Å². The molecule has 0 heterocycles. The van der Waals surface area contributed by atoms with Crippen molar-refractivity contribution in [3.05, 3.63) is 0 Å². The summed E-state index contributed by atoms with van der Waals surface area (Å²) in [6.45, 7) is 14.6. The van der Waals surface area contributed by atoms with Gasteiger partial charge < -0.3 is 34.7 Å². The minimum absolute atomic E-state index is 0.0242. The van der Waals surface area contributed by atoms with Crippen molar-refractivity contribution in [1.29, 1.82) is 0 Å². The molecule has 3 amide bonds. The number of carbonyl (C=O) groups is 4. The van der Waals surface area contributed by atoms with Crippen molar-refractivity contribution in [2.45, 2.75) is 66.2 Å². The monoisotopic (exact) mass is 640 g/mol. The maximum atomic E-state index is 13.7. The van der Waals surface area contributed by atoms with Crippen molar-refractivity contribution in [2.24, 2.45) is 17.3 Å². The molecule has 0 aromatic rings. The van der Waals surface area contributed by atoms with Gasteiger partial charge in [0.25, 0.3) is 0 Å². The van der Waals surface area contributed by atoms with Crippen LogP contribution in [0.3, 0.4) is 0 Å². The number of likely N-dealkylation sites (N-methyl/N-ethyl adjacent to an activating group) is 6. The number of rotatable bonds is 25. The van der Waals surface area contributed by atoms with E-state index < -0.39 is 17.3 Å². The zero-order valence-corrected chi connectivity index (χ0v) is 31.1. The van der Waals surface area contributed by atoms with Gasteiger partial charge in [0.05, 0.1) is 0 Å². The van der Waals surface area contributed by atoms with Gasteiger partial charge in [0.2, 0.25) is 17.7 Å². The quantitative estimate of drug-likeness (QED) is 0.152. The molecule has 264 valence electrons. The van der Waals surface area contributed by atoms with Crippen LogP contribution in [0, 0.1) is 17.3 Å². The SMILES string of the molecule is CCCCNC(=O)C(CC(=O)N(C)CCN(C)CCN(C)C)CC(C)(C)C(=O)CC(CC)C(=O)N(C)CCN(C)CCN(C)C. The lowest BCUT2D eigenvalue weighted by Gasteiger charge is -2.31. The number of hydrogen-bond acceptors (Lipinski definition) is 8. The third-order valence-corrected chi connectivity index (χ3v) is 8.70. The van der Waals surface area contributed by atoms with Gasteiger partial charge in [-0.2, -0.15) is 0 Å². The summed E-state index contributed by atoms with van der Waals surface area (Å²) in [5.74, 6) is -1.40. The summed E-state index contributed by atoms with van der Waals surface area (Å²) in [5, 5.41) is 2.99. The lowest BCUT2D eigenvalue weighted by atomic mass is 9.75. The van der Waals surface area contributed by atoms with E-state index in [1.807, 2.05) is 63.1 Å². The van der Waals surface area contributed by atoms with Crippen LogP contribution >= 0.6 is 0 Å². The predicted octanol–water partition coefficient (Wildman–Crippen LogP) is 2.21. The van der Waals surface area contributed by atoms with Gasteiger partial charge in [0.1, 0.15) is 5.78 Å². The minimum Gasteiger partial charge on any atom is -0.356 e. The molecule has 0 saturated carbocycles. The Hall–Kier alpha value is -2.08. The van der Waals surface area contributed by atoms with Crippen molar-refractivity contribution in [2.75, 3.05) is 115 Å². The van der Waals surface area contributed by atoms with Crippen LogP contribution in [-0.4, -0.2) is 168 Å². The second kappa shape index (κ2) is 22.4. The fourth-order valence-electron chi connectivity index (χ4n) is 4.95. The van der Waals surface area contributed by atoms with Crippen LogP contribution in [-0.2, 0) is 19.2 Å². The van der Waals surface area contributed by atoms with Crippen LogP contribution in [0.25, 0.3) is 0 Å². The molecule has 0 aliphatic carbocycles. The van der Waals surface area contributed by atoms with Gasteiger partial charge >= 0.3 is 0 Å². The number of nitrogens with one attached hydrogen (secondary N) is 1. The third-order valence-electron chi connectivity index (χ3n) is 8.70. The molecule has 0 radical (unpaired) electrons. The highest BCUT2D eigenvalue weighted by atomic mass is 16.2. The molecule has 2 unspecified atom stereocenters. The summed E-state index contributed by atoms with van der Waals surface area (Å²) in [6, 6.07) is 0. The molecule has 0 aromatic carbocycles. The van der Waals surface area contributed by atoms with E-state index in [0.717, 1.165) is 52.1 Å². The van der Waals surface area contributed by atoms with E-state index in [4.69, 9.17) is 0 Å². The first-order chi connectivity index (χ1) is 20.9. The fourth-order valence-corrected chi connectivity index (χ4v) is 4.95. The predicted molar refractivity (Wildman–Crippen MR) is 185 cm³/mol. The minimum atomic E-state index is -0.864. The van der Waals surface area contributed by atoms with Crippen LogP contribution in [0.2, 0.25) is 0 Å². The zero-order valence-electron chi connectivity index (χ0n) is 31.1. The van der Waals surface area contributed by atoms with Crippen LogP contribution in [0.5, 0.6) is 0 Å². The molecule has 2 atom stereocenters. The normalized spacial score (nSPS) is 13.4. The Bertz CT molecular complexity index is 881. The Morgan fingerprint density at radius 3 is 1.60 bits per heavy atom. The van der Waals surface area contributed by atoms with Crippen LogP contribution in [0.15, 0.2) is 0 Å². The molecule has 45 heavy (non-hydrogen) atoms. The fraction of sp³-hybridized carbons (Fsp3) is 0.882. The molecule has 0 fully saturated rings. The summed E-state index contributed by atoms with van der Waals surface area (Å²) in [7, 11) is 15.8. The van der Waals surface area contributed by atoms with Gasteiger partial charge in [-0.1, -0.05) is 34.1 Å². The number of Topliss-reactive ketones (excluding diaryl/α,β-unsaturated/α-hetero) is 1. The molecule has 1 N–H and O–H groups in total. The number of amides is 3. The average Bonchev–Trinajstić information content (AvgIpc) is 2.97. The Morgan fingerprint density at radius 2 is 1.13 bits per heavy atom. The van der Waals surface area contributed by atoms with Crippen LogP contribution < -0.4 is 5.32 Å². The van der Waals surface area contributed by atoms with E-state index in [-0.39, 0.29) is 42.8 Å². The third kappa shape index (κ3) is 18.6. The Balaban J connectivity index is 5.42. The molecule has 0 rings (SSSR count). The van der Waals surface area contributed by atoms with Crippen molar-refractivity contribution in [3.63, 3.8) is 0 Å². The summed E-state index contributed by atoms with van der Waals surface area (Å²) in [4.78, 5) is 65.6. The van der Waals surface area contributed by atoms with Gasteiger partial charge in [0, 0.05) is 103 Å². The van der Waals surface area contributed by atoms with Gasteiger partial charge in [-0.25, -0.2) is 0 Å². The van der Waals surface area contributed by atoms with Crippen molar-refractivity contribution in [1.82, 2.24) is 34.7 Å². The first kappa shape index (κ1) is 42.9. The zero-order chi connectivity index (χ0) is 34.7. The standard InChI is InChI=1S/C34H69N7O4/c1-13-15-16-35-32(44)29(26-31(43)40(11)23-21-38(9)19-17-36(5)6)27-34(3,4)30(42)25-28(14-2)33(45)41(12)24-22-39(10)20-18-37(7)8/h28-29H,13-27H2,1-12H3,(H,35,44). The first-order valence-corrected chi connectivity index (χ1v) is 16.9. The van der Waals surface area contributed by atoms with Crippen molar-refractivity contribution in [3.8, 4) is 0 Å². The van der Waals surface area contributed by atoms with Gasteiger partial charge in [-0.3, -0.25) is 19.2 Å². The smallest absolute Gasteiger partial charge is 0.225 e. The summed E-state index contributed by atoms with van der Waals surface area (Å²) in [5.41, 5.74) is -0.864.